The molecule has 0 spiro atoms. The first-order valence-electron chi connectivity index (χ1n) is 7.19. The molecule has 0 bridgehead atoms. The van der Waals surface area contributed by atoms with Crippen molar-refractivity contribution in [3.63, 3.8) is 0 Å². The molecule has 1 aromatic carbocycles. The van der Waals surface area contributed by atoms with Crippen molar-refractivity contribution in [1.29, 1.82) is 0 Å². The number of nitrogens with zero attached hydrogens (tertiary/aromatic N) is 1. The van der Waals surface area contributed by atoms with Gasteiger partial charge >= 0.3 is 0 Å². The van der Waals surface area contributed by atoms with Crippen LogP contribution in [0.3, 0.4) is 0 Å². The molecule has 0 unspecified atom stereocenters. The van der Waals surface area contributed by atoms with Gasteiger partial charge in [0.25, 0.3) is 0 Å². The predicted octanol–water partition coefficient (Wildman–Crippen LogP) is 4.64. The van der Waals surface area contributed by atoms with Crippen molar-refractivity contribution < 1.29 is 4.79 Å². The van der Waals surface area contributed by atoms with Crippen molar-refractivity contribution in [1.82, 2.24) is 0 Å². The first-order valence-corrected chi connectivity index (χ1v) is 8.67. The summed E-state index contributed by atoms with van der Waals surface area (Å²) in [5, 5.41) is 4.11. The molecule has 0 aliphatic heterocycles. The second-order valence-corrected chi connectivity index (χ2v) is 5.92. The molecular formula is C17H20ClNOS. The van der Waals surface area contributed by atoms with Crippen molar-refractivity contribution >= 4 is 34.5 Å². The monoisotopic (exact) mass is 321 g/mol. The van der Waals surface area contributed by atoms with E-state index in [1.54, 1.807) is 11.3 Å². The zero-order valence-electron chi connectivity index (χ0n) is 12.4. The lowest BCUT2D eigenvalue weighted by molar-refractivity contribution is -0.116. The summed E-state index contributed by atoms with van der Waals surface area (Å²) in [5.41, 5.74) is 4.58. The lowest BCUT2D eigenvalue weighted by Gasteiger charge is -2.27. The molecule has 1 heterocycles. The van der Waals surface area contributed by atoms with Crippen molar-refractivity contribution in [3.8, 4) is 0 Å². The number of benzene rings is 1. The van der Waals surface area contributed by atoms with Crippen LogP contribution in [0.4, 0.5) is 5.69 Å². The Morgan fingerprint density at radius 2 is 1.86 bits per heavy atom. The third-order valence-electron chi connectivity index (χ3n) is 3.57. The Morgan fingerprint density at radius 3 is 2.33 bits per heavy atom. The van der Waals surface area contributed by atoms with E-state index in [-0.39, 0.29) is 11.8 Å². The van der Waals surface area contributed by atoms with Gasteiger partial charge in [-0.25, -0.2) is 0 Å². The van der Waals surface area contributed by atoms with Crippen LogP contribution in [0.2, 0.25) is 0 Å². The Bertz CT molecular complexity index is 573. The maximum atomic E-state index is 12.4. The molecule has 0 N–H and O–H groups in total. The van der Waals surface area contributed by atoms with Crippen LogP contribution in [-0.2, 0) is 24.2 Å². The fraction of sp³-hybridized carbons (Fsp3) is 0.353. The molecule has 1 amide bonds. The minimum Gasteiger partial charge on any atom is -0.306 e. The number of aryl methyl sites for hydroxylation is 2. The summed E-state index contributed by atoms with van der Waals surface area (Å²) in [4.78, 5) is 14.2. The summed E-state index contributed by atoms with van der Waals surface area (Å²) in [6.07, 6.45) is 1.80. The zero-order chi connectivity index (χ0) is 15.2. The summed E-state index contributed by atoms with van der Waals surface area (Å²) in [6, 6.07) is 8.31. The van der Waals surface area contributed by atoms with Crippen LogP contribution in [0, 0.1) is 0 Å². The van der Waals surface area contributed by atoms with Crippen molar-refractivity contribution in [2.75, 3.05) is 10.8 Å². The third-order valence-corrected chi connectivity index (χ3v) is 4.53. The molecule has 4 heteroatoms. The number of anilines is 1. The molecule has 21 heavy (non-hydrogen) atoms. The second-order valence-electron chi connectivity index (χ2n) is 4.88. The zero-order valence-corrected chi connectivity index (χ0v) is 14.0. The maximum Gasteiger partial charge on any atom is 0.242 e. The van der Waals surface area contributed by atoms with Crippen LogP contribution >= 0.6 is 22.9 Å². The van der Waals surface area contributed by atoms with Crippen molar-refractivity contribution in [2.45, 2.75) is 33.2 Å². The highest BCUT2D eigenvalue weighted by molar-refractivity contribution is 7.07. The summed E-state index contributed by atoms with van der Waals surface area (Å²) in [7, 11) is 0. The molecule has 0 saturated heterocycles. The number of thiophene rings is 1. The number of hydrogen-bond acceptors (Lipinski definition) is 2. The van der Waals surface area contributed by atoms with Gasteiger partial charge in [-0.15, -0.1) is 11.6 Å². The van der Waals surface area contributed by atoms with Crippen molar-refractivity contribution in [3.05, 3.63) is 51.7 Å². The van der Waals surface area contributed by atoms with Crippen LogP contribution in [0.5, 0.6) is 0 Å². The summed E-state index contributed by atoms with van der Waals surface area (Å²) < 4.78 is 0. The number of halogens is 1. The second kappa shape index (κ2) is 7.62. The summed E-state index contributed by atoms with van der Waals surface area (Å²) in [5.74, 6) is -0.0378. The standard InChI is InChI=1S/C17H20ClNOS/c1-3-14-6-5-7-15(4-2)17(14)19(16(20)10-18)11-13-8-9-21-12-13/h5-9,12H,3-4,10-11H2,1-2H3. The van der Waals surface area contributed by atoms with E-state index < -0.39 is 0 Å². The Balaban J connectivity index is 2.47. The average Bonchev–Trinajstić information content (AvgIpc) is 3.04. The fourth-order valence-corrected chi connectivity index (χ4v) is 3.30. The SMILES string of the molecule is CCc1cccc(CC)c1N(Cc1ccsc1)C(=O)CCl. The van der Waals surface area contributed by atoms with Gasteiger partial charge in [0.1, 0.15) is 5.88 Å². The van der Waals surface area contributed by atoms with E-state index in [0.717, 1.165) is 24.1 Å². The number of alkyl halides is 1. The number of hydrogen-bond donors (Lipinski definition) is 0. The Labute approximate surface area is 135 Å². The molecule has 2 aromatic rings. The van der Waals surface area contributed by atoms with Gasteiger partial charge in [0.05, 0.1) is 12.2 Å². The van der Waals surface area contributed by atoms with E-state index in [2.05, 4.69) is 43.5 Å². The van der Waals surface area contributed by atoms with Crippen LogP contribution in [-0.4, -0.2) is 11.8 Å². The van der Waals surface area contributed by atoms with Crippen molar-refractivity contribution in [2.24, 2.45) is 0 Å². The molecule has 1 aromatic heterocycles. The van der Waals surface area contributed by atoms with Gasteiger partial charge in [-0.1, -0.05) is 32.0 Å². The lowest BCUT2D eigenvalue weighted by atomic mass is 10.0. The minimum absolute atomic E-state index is 0.00530. The van der Waals surface area contributed by atoms with E-state index in [0.29, 0.717) is 6.54 Å². The maximum absolute atomic E-state index is 12.4. The van der Waals surface area contributed by atoms with E-state index in [1.165, 1.54) is 11.1 Å². The number of rotatable bonds is 6. The smallest absolute Gasteiger partial charge is 0.242 e. The molecule has 0 saturated carbocycles. The van der Waals surface area contributed by atoms with Crippen LogP contribution in [0.15, 0.2) is 35.0 Å². The Hall–Kier alpha value is -1.32. The van der Waals surface area contributed by atoms with E-state index in [4.69, 9.17) is 11.6 Å². The first kappa shape index (κ1) is 16.1. The molecular weight excluding hydrogens is 302 g/mol. The van der Waals surface area contributed by atoms with Gasteiger partial charge in [-0.3, -0.25) is 4.79 Å². The molecule has 2 rings (SSSR count). The normalized spacial score (nSPS) is 10.6. The highest BCUT2D eigenvalue weighted by atomic mass is 35.5. The molecule has 2 nitrogen and oxygen atoms in total. The predicted molar refractivity (Wildman–Crippen MR) is 91.4 cm³/mol. The first-order chi connectivity index (χ1) is 10.2. The van der Waals surface area contributed by atoms with Gasteiger partial charge in [0, 0.05) is 0 Å². The largest absolute Gasteiger partial charge is 0.306 e. The molecule has 0 aliphatic carbocycles. The average molecular weight is 322 g/mol. The van der Waals surface area contributed by atoms with E-state index >= 15 is 0 Å². The Kier molecular flexibility index (Phi) is 5.83. The van der Waals surface area contributed by atoms with E-state index in [1.807, 2.05) is 10.3 Å². The highest BCUT2D eigenvalue weighted by Crippen LogP contribution is 2.29. The van der Waals surface area contributed by atoms with Crippen LogP contribution < -0.4 is 4.90 Å². The quantitative estimate of drug-likeness (QED) is 0.709. The summed E-state index contributed by atoms with van der Waals surface area (Å²) in [6.45, 7) is 4.82. The topological polar surface area (TPSA) is 20.3 Å². The fourth-order valence-electron chi connectivity index (χ4n) is 2.49. The minimum atomic E-state index is -0.0431. The number of carbonyl (C=O) groups excluding carboxylic acids is 1. The number of amides is 1. The molecule has 0 atom stereocenters. The Morgan fingerprint density at radius 1 is 1.19 bits per heavy atom. The number of para-hydroxylation sites is 1. The van der Waals surface area contributed by atoms with E-state index in [9.17, 15) is 4.79 Å². The molecule has 112 valence electrons. The van der Waals surface area contributed by atoms with Gasteiger partial charge < -0.3 is 4.90 Å². The molecule has 0 radical (unpaired) electrons. The van der Waals surface area contributed by atoms with Gasteiger partial charge in [0.15, 0.2) is 0 Å². The van der Waals surface area contributed by atoms with Gasteiger partial charge in [0.2, 0.25) is 5.91 Å². The van der Waals surface area contributed by atoms with Gasteiger partial charge in [-0.05, 0) is 46.4 Å². The number of carbonyl (C=O) groups is 1. The highest BCUT2D eigenvalue weighted by Gasteiger charge is 2.20. The van der Waals surface area contributed by atoms with Crippen LogP contribution in [0.1, 0.15) is 30.5 Å². The third kappa shape index (κ3) is 3.66. The molecule has 0 aliphatic rings. The van der Waals surface area contributed by atoms with Gasteiger partial charge in [-0.2, -0.15) is 11.3 Å². The van der Waals surface area contributed by atoms with Crippen LogP contribution in [0.25, 0.3) is 0 Å². The molecule has 0 fully saturated rings. The summed E-state index contributed by atoms with van der Waals surface area (Å²) >= 11 is 7.48. The lowest BCUT2D eigenvalue weighted by Crippen LogP contribution is -2.33.